The highest BCUT2D eigenvalue weighted by Crippen LogP contribution is 2.42. The fourth-order valence-corrected chi connectivity index (χ4v) is 4.50. The van der Waals surface area contributed by atoms with Gasteiger partial charge < -0.3 is 15.1 Å². The van der Waals surface area contributed by atoms with Gasteiger partial charge in [0.1, 0.15) is 10.8 Å². The van der Waals surface area contributed by atoms with Gasteiger partial charge in [0.25, 0.3) is 5.91 Å². The predicted molar refractivity (Wildman–Crippen MR) is 78.0 cm³/mol. The highest BCUT2D eigenvalue weighted by Gasteiger charge is 2.33. The number of anilines is 1. The number of thiophene rings is 1. The maximum Gasteiger partial charge on any atom is 0.256 e. The molecule has 3 heterocycles. The highest BCUT2D eigenvalue weighted by atomic mass is 32.1. The summed E-state index contributed by atoms with van der Waals surface area (Å²) in [4.78, 5) is 13.8. The lowest BCUT2D eigenvalue weighted by molar-refractivity contribution is 0.0930. The van der Waals surface area contributed by atoms with E-state index in [0.717, 1.165) is 29.2 Å². The lowest BCUT2D eigenvalue weighted by atomic mass is 9.88. The van der Waals surface area contributed by atoms with Crippen molar-refractivity contribution in [2.24, 2.45) is 5.92 Å². The fraction of sp³-hybridized carbons (Fsp3) is 0.400. The fourth-order valence-electron chi connectivity index (χ4n) is 3.06. The summed E-state index contributed by atoms with van der Waals surface area (Å²) in [6.45, 7) is 2.28. The van der Waals surface area contributed by atoms with Gasteiger partial charge in [-0.15, -0.1) is 11.3 Å². The lowest BCUT2D eigenvalue weighted by Crippen LogP contribution is -2.38. The minimum atomic E-state index is -0.262. The van der Waals surface area contributed by atoms with Gasteiger partial charge in [-0.05, 0) is 42.9 Å². The topological polar surface area (TPSA) is 54.3 Å². The van der Waals surface area contributed by atoms with Crippen LogP contribution in [0.3, 0.4) is 0 Å². The van der Waals surface area contributed by atoms with Crippen LogP contribution >= 0.6 is 11.3 Å². The van der Waals surface area contributed by atoms with E-state index >= 15 is 0 Å². The summed E-state index contributed by atoms with van der Waals surface area (Å²) in [5.41, 5.74) is 2.12. The van der Waals surface area contributed by atoms with Crippen LogP contribution in [0.4, 0.5) is 5.00 Å². The summed E-state index contributed by atoms with van der Waals surface area (Å²) < 4.78 is 5.38. The molecule has 0 unspecified atom stereocenters. The van der Waals surface area contributed by atoms with E-state index in [0.29, 0.717) is 5.92 Å². The zero-order chi connectivity index (χ0) is 13.7. The van der Waals surface area contributed by atoms with Gasteiger partial charge in [-0.3, -0.25) is 4.79 Å². The smallest absolute Gasteiger partial charge is 0.256 e. The summed E-state index contributed by atoms with van der Waals surface area (Å²) >= 11 is 1.73. The highest BCUT2D eigenvalue weighted by molar-refractivity contribution is 7.16. The van der Waals surface area contributed by atoms with Crippen molar-refractivity contribution < 1.29 is 9.21 Å². The number of carbonyl (C=O) groups excluding carboxylic acids is 1. The molecule has 2 aliphatic rings. The van der Waals surface area contributed by atoms with Crippen LogP contribution in [0.5, 0.6) is 0 Å². The molecule has 1 amide bonds. The van der Waals surface area contributed by atoms with Crippen molar-refractivity contribution in [2.75, 3.05) is 5.32 Å². The Balaban J connectivity index is 1.73. The monoisotopic (exact) mass is 288 g/mol. The number of amides is 1. The van der Waals surface area contributed by atoms with Crippen molar-refractivity contribution in [3.05, 3.63) is 40.2 Å². The van der Waals surface area contributed by atoms with E-state index in [2.05, 4.69) is 17.6 Å². The molecule has 4 nitrogen and oxygen atoms in total. The van der Waals surface area contributed by atoms with Crippen LogP contribution in [0.15, 0.2) is 22.8 Å². The molecule has 1 aliphatic heterocycles. The average molecular weight is 288 g/mol. The van der Waals surface area contributed by atoms with Gasteiger partial charge in [-0.25, -0.2) is 0 Å². The summed E-state index contributed by atoms with van der Waals surface area (Å²) in [6, 6.07) is 3.71. The second-order valence-corrected chi connectivity index (χ2v) is 6.73. The zero-order valence-electron chi connectivity index (χ0n) is 11.2. The van der Waals surface area contributed by atoms with Crippen molar-refractivity contribution in [1.29, 1.82) is 0 Å². The molecule has 0 radical (unpaired) electrons. The Morgan fingerprint density at radius 1 is 1.40 bits per heavy atom. The molecule has 0 spiro atoms. The van der Waals surface area contributed by atoms with Gasteiger partial charge in [0.15, 0.2) is 6.17 Å². The molecule has 4 rings (SSSR count). The Hall–Kier alpha value is -1.75. The second kappa shape index (κ2) is 4.38. The van der Waals surface area contributed by atoms with E-state index < -0.39 is 0 Å². The molecule has 0 aromatic carbocycles. The molecule has 0 saturated carbocycles. The Kier molecular flexibility index (Phi) is 2.63. The van der Waals surface area contributed by atoms with E-state index in [1.54, 1.807) is 17.6 Å². The van der Waals surface area contributed by atoms with E-state index in [4.69, 9.17) is 4.42 Å². The van der Waals surface area contributed by atoms with Crippen LogP contribution in [0, 0.1) is 5.92 Å². The summed E-state index contributed by atoms with van der Waals surface area (Å²) in [7, 11) is 0. The first-order valence-corrected chi connectivity index (χ1v) is 7.79. The maximum atomic E-state index is 12.4. The third kappa shape index (κ3) is 1.77. The molecule has 104 valence electrons. The number of fused-ring (bicyclic) bond motifs is 3. The van der Waals surface area contributed by atoms with Crippen LogP contribution < -0.4 is 10.6 Å². The van der Waals surface area contributed by atoms with Crippen molar-refractivity contribution in [3.8, 4) is 0 Å². The van der Waals surface area contributed by atoms with Gasteiger partial charge in [0.05, 0.1) is 11.8 Å². The molecular weight excluding hydrogens is 272 g/mol. The van der Waals surface area contributed by atoms with E-state index in [-0.39, 0.29) is 12.1 Å². The first kappa shape index (κ1) is 12.0. The van der Waals surface area contributed by atoms with Gasteiger partial charge in [-0.2, -0.15) is 0 Å². The van der Waals surface area contributed by atoms with Crippen molar-refractivity contribution in [2.45, 2.75) is 32.4 Å². The average Bonchev–Trinajstić information content (AvgIpc) is 3.04. The largest absolute Gasteiger partial charge is 0.465 e. The molecule has 2 atom stereocenters. The van der Waals surface area contributed by atoms with Gasteiger partial charge in [0.2, 0.25) is 0 Å². The molecule has 5 heteroatoms. The minimum Gasteiger partial charge on any atom is -0.465 e. The second-order valence-electron chi connectivity index (χ2n) is 5.62. The van der Waals surface area contributed by atoms with Crippen molar-refractivity contribution >= 4 is 22.2 Å². The third-order valence-corrected chi connectivity index (χ3v) is 5.30. The van der Waals surface area contributed by atoms with E-state index in [1.165, 1.54) is 16.9 Å². The van der Waals surface area contributed by atoms with Gasteiger partial charge >= 0.3 is 0 Å². The Morgan fingerprint density at radius 2 is 2.30 bits per heavy atom. The number of hydrogen-bond donors (Lipinski definition) is 2. The van der Waals surface area contributed by atoms with Crippen LogP contribution in [0.1, 0.15) is 46.1 Å². The standard InChI is InChI=1S/C15H16N2O2S/c1-8-4-5-9-11(7-8)20-15-12(9)14(18)16-13(17-15)10-3-2-6-19-10/h2-3,6,8,13,17H,4-5,7H2,1H3,(H,16,18)/t8-,13+/m0/s1. The summed E-state index contributed by atoms with van der Waals surface area (Å²) in [5, 5.41) is 7.37. The Labute approximate surface area is 121 Å². The Bertz CT molecular complexity index is 660. The van der Waals surface area contributed by atoms with Crippen LogP contribution in [-0.2, 0) is 12.8 Å². The number of hydrogen-bond acceptors (Lipinski definition) is 4. The minimum absolute atomic E-state index is 0.0206. The van der Waals surface area contributed by atoms with Gasteiger partial charge in [0, 0.05) is 4.88 Å². The first-order valence-electron chi connectivity index (χ1n) is 6.97. The molecule has 2 aromatic heterocycles. The van der Waals surface area contributed by atoms with Crippen LogP contribution in [0.25, 0.3) is 0 Å². The number of furan rings is 1. The predicted octanol–water partition coefficient (Wildman–Crippen LogP) is 3.32. The van der Waals surface area contributed by atoms with Crippen molar-refractivity contribution in [3.63, 3.8) is 0 Å². The molecule has 1 aliphatic carbocycles. The first-order chi connectivity index (χ1) is 9.72. The molecule has 0 bridgehead atoms. The van der Waals surface area contributed by atoms with Crippen molar-refractivity contribution in [1.82, 2.24) is 5.32 Å². The lowest BCUT2D eigenvalue weighted by Gasteiger charge is -2.25. The van der Waals surface area contributed by atoms with Crippen LogP contribution in [-0.4, -0.2) is 5.91 Å². The molecule has 2 aromatic rings. The normalized spacial score (nSPS) is 24.6. The molecule has 0 saturated heterocycles. The summed E-state index contributed by atoms with van der Waals surface area (Å²) in [6.07, 6.45) is 4.64. The van der Waals surface area contributed by atoms with Crippen LogP contribution in [0.2, 0.25) is 0 Å². The SMILES string of the molecule is C[C@H]1CCc2c(sc3c2C(=O)N[C@@H](c2ccco2)N3)C1. The number of nitrogens with one attached hydrogen (secondary N) is 2. The number of carbonyl (C=O) groups is 1. The van der Waals surface area contributed by atoms with Gasteiger partial charge in [-0.1, -0.05) is 6.92 Å². The molecular formula is C15H16N2O2S. The van der Waals surface area contributed by atoms with E-state index in [9.17, 15) is 4.79 Å². The Morgan fingerprint density at radius 3 is 3.10 bits per heavy atom. The third-order valence-electron chi connectivity index (χ3n) is 4.12. The molecule has 2 N–H and O–H groups in total. The molecule has 0 fully saturated rings. The number of rotatable bonds is 1. The van der Waals surface area contributed by atoms with E-state index in [1.807, 2.05) is 12.1 Å². The molecule has 20 heavy (non-hydrogen) atoms. The summed E-state index contributed by atoms with van der Waals surface area (Å²) in [5.74, 6) is 1.47. The quantitative estimate of drug-likeness (QED) is 0.846. The maximum absolute atomic E-state index is 12.4. The zero-order valence-corrected chi connectivity index (χ0v) is 12.0.